The minimum atomic E-state index is -3.85. The molecule has 0 atom stereocenters. The van der Waals surface area contributed by atoms with Gasteiger partial charge in [0.1, 0.15) is 10.6 Å². The van der Waals surface area contributed by atoms with Gasteiger partial charge >= 0.3 is 0 Å². The quantitative estimate of drug-likeness (QED) is 0.694. The van der Waals surface area contributed by atoms with Gasteiger partial charge in [-0.15, -0.1) is 5.10 Å². The van der Waals surface area contributed by atoms with E-state index in [1.807, 2.05) is 19.1 Å². The molecule has 0 aliphatic heterocycles. The summed E-state index contributed by atoms with van der Waals surface area (Å²) in [5.74, 6) is 0.761. The highest BCUT2D eigenvalue weighted by Gasteiger charge is 2.18. The van der Waals surface area contributed by atoms with Crippen LogP contribution >= 0.6 is 0 Å². The third kappa shape index (κ3) is 4.14. The Morgan fingerprint density at radius 3 is 2.48 bits per heavy atom. The lowest BCUT2D eigenvalue weighted by Gasteiger charge is -2.12. The molecule has 0 bridgehead atoms. The smallest absolute Gasteiger partial charge is 0.263 e. The van der Waals surface area contributed by atoms with Gasteiger partial charge in [0.25, 0.3) is 10.0 Å². The Morgan fingerprint density at radius 2 is 1.81 bits per heavy atom. The lowest BCUT2D eigenvalue weighted by molar-refractivity contribution is 0.390. The fourth-order valence-corrected chi connectivity index (χ4v) is 3.41. The van der Waals surface area contributed by atoms with Crippen molar-refractivity contribution in [3.8, 4) is 22.9 Å². The minimum absolute atomic E-state index is 0.0401. The summed E-state index contributed by atoms with van der Waals surface area (Å²) in [5.41, 5.74) is 2.68. The second kappa shape index (κ2) is 7.58. The summed E-state index contributed by atoms with van der Waals surface area (Å²) in [4.78, 5) is 4.29. The Bertz CT molecular complexity index is 1050. The molecule has 27 heavy (non-hydrogen) atoms. The largest absolute Gasteiger partial charge is 0.495 e. The lowest BCUT2D eigenvalue weighted by Crippen LogP contribution is -2.14. The molecule has 3 rings (SSSR count). The van der Waals surface area contributed by atoms with Gasteiger partial charge in [0, 0.05) is 11.6 Å². The van der Waals surface area contributed by atoms with Gasteiger partial charge in [-0.2, -0.15) is 5.10 Å². The van der Waals surface area contributed by atoms with Crippen LogP contribution in [0.25, 0.3) is 11.3 Å². The number of nitrogens with zero attached hydrogens (tertiary/aromatic N) is 3. The van der Waals surface area contributed by atoms with Crippen LogP contribution in [0.1, 0.15) is 5.56 Å². The van der Waals surface area contributed by atoms with E-state index in [4.69, 9.17) is 9.47 Å². The first-order valence-corrected chi connectivity index (χ1v) is 9.42. The van der Waals surface area contributed by atoms with E-state index >= 15 is 0 Å². The molecule has 140 valence electrons. The van der Waals surface area contributed by atoms with E-state index in [0.717, 1.165) is 17.3 Å². The van der Waals surface area contributed by atoms with Crippen molar-refractivity contribution in [2.45, 2.75) is 11.8 Å². The molecule has 0 saturated carbocycles. The zero-order valence-electron chi connectivity index (χ0n) is 15.0. The van der Waals surface area contributed by atoms with Crippen LogP contribution in [0.4, 0.5) is 5.69 Å². The van der Waals surface area contributed by atoms with E-state index in [1.54, 1.807) is 31.5 Å². The lowest BCUT2D eigenvalue weighted by atomic mass is 10.1. The maximum atomic E-state index is 12.7. The molecule has 1 N–H and O–H groups in total. The summed E-state index contributed by atoms with van der Waals surface area (Å²) in [6, 6.07) is 10.3. The van der Waals surface area contributed by atoms with Crippen molar-refractivity contribution in [1.82, 2.24) is 15.2 Å². The third-order valence-electron chi connectivity index (χ3n) is 3.88. The molecule has 8 nitrogen and oxygen atoms in total. The number of benzene rings is 1. The van der Waals surface area contributed by atoms with E-state index in [9.17, 15) is 8.42 Å². The van der Waals surface area contributed by atoms with Crippen molar-refractivity contribution >= 4 is 15.7 Å². The molecule has 0 aliphatic rings. The highest BCUT2D eigenvalue weighted by atomic mass is 32.2. The second-order valence-corrected chi connectivity index (χ2v) is 7.33. The zero-order chi connectivity index (χ0) is 19.4. The Kier molecular flexibility index (Phi) is 5.22. The van der Waals surface area contributed by atoms with Gasteiger partial charge in [-0.3, -0.25) is 9.71 Å². The summed E-state index contributed by atoms with van der Waals surface area (Å²) < 4.78 is 38.0. The maximum absolute atomic E-state index is 12.7. The molecular weight excluding hydrogens is 368 g/mol. The molecule has 0 unspecified atom stereocenters. The van der Waals surface area contributed by atoms with Crippen molar-refractivity contribution in [3.05, 3.63) is 54.4 Å². The molecule has 0 aliphatic carbocycles. The molecule has 0 spiro atoms. The predicted octanol–water partition coefficient (Wildman–Crippen LogP) is 2.67. The van der Waals surface area contributed by atoms with Crippen LogP contribution in [0.15, 0.2) is 53.7 Å². The molecule has 9 heteroatoms. The molecule has 0 radical (unpaired) electrons. The van der Waals surface area contributed by atoms with Gasteiger partial charge in [0.15, 0.2) is 0 Å². The SMILES string of the molecule is COc1ccc(-c2ccc(C)c(NS(=O)(=O)c3cnnc(OC)c3)c2)nc1. The summed E-state index contributed by atoms with van der Waals surface area (Å²) in [6.07, 6.45) is 2.77. The highest BCUT2D eigenvalue weighted by Crippen LogP contribution is 2.27. The normalized spacial score (nSPS) is 11.1. The van der Waals surface area contributed by atoms with Gasteiger partial charge in [-0.1, -0.05) is 12.1 Å². The van der Waals surface area contributed by atoms with Crippen molar-refractivity contribution < 1.29 is 17.9 Å². The zero-order valence-corrected chi connectivity index (χ0v) is 15.8. The molecule has 3 aromatic rings. The second-order valence-electron chi connectivity index (χ2n) is 5.65. The van der Waals surface area contributed by atoms with Gasteiger partial charge in [-0.25, -0.2) is 8.42 Å². The Labute approximate surface area is 157 Å². The molecular formula is C18H18N4O4S. The molecule has 0 amide bonds. The number of hydrogen-bond acceptors (Lipinski definition) is 7. The van der Waals surface area contributed by atoms with E-state index in [2.05, 4.69) is 19.9 Å². The first-order valence-electron chi connectivity index (χ1n) is 7.93. The maximum Gasteiger partial charge on any atom is 0.263 e. The molecule has 1 aromatic carbocycles. The van der Waals surface area contributed by atoms with Crippen LogP contribution in [0, 0.1) is 6.92 Å². The monoisotopic (exact) mass is 386 g/mol. The summed E-state index contributed by atoms with van der Waals surface area (Å²) in [5, 5.41) is 7.33. The fraction of sp³-hybridized carbons (Fsp3) is 0.167. The average Bonchev–Trinajstić information content (AvgIpc) is 2.69. The van der Waals surface area contributed by atoms with Gasteiger partial charge in [-0.05, 0) is 30.7 Å². The number of anilines is 1. The first kappa shape index (κ1) is 18.6. The van der Waals surface area contributed by atoms with Crippen LogP contribution in [0.3, 0.4) is 0 Å². The molecule has 0 fully saturated rings. The Hall–Kier alpha value is -3.20. The van der Waals surface area contributed by atoms with E-state index < -0.39 is 10.0 Å². The predicted molar refractivity (Wildman–Crippen MR) is 100 cm³/mol. The number of hydrogen-bond donors (Lipinski definition) is 1. The molecule has 2 heterocycles. The van der Waals surface area contributed by atoms with Crippen molar-refractivity contribution in [2.75, 3.05) is 18.9 Å². The van der Waals surface area contributed by atoms with Gasteiger partial charge in [0.05, 0.1) is 38.0 Å². The van der Waals surface area contributed by atoms with Crippen LogP contribution in [-0.2, 0) is 10.0 Å². The van der Waals surface area contributed by atoms with Crippen LogP contribution in [0.2, 0.25) is 0 Å². The number of sulfonamides is 1. The van der Waals surface area contributed by atoms with Crippen molar-refractivity contribution in [1.29, 1.82) is 0 Å². The number of methoxy groups -OCH3 is 2. The first-order chi connectivity index (χ1) is 12.9. The van der Waals surface area contributed by atoms with Crippen molar-refractivity contribution in [2.24, 2.45) is 0 Å². The topological polar surface area (TPSA) is 103 Å². The number of rotatable bonds is 6. The summed E-state index contributed by atoms with van der Waals surface area (Å²) in [6.45, 7) is 1.81. The van der Waals surface area contributed by atoms with Crippen LogP contribution in [-0.4, -0.2) is 37.8 Å². The Balaban J connectivity index is 1.94. The number of nitrogens with one attached hydrogen (secondary N) is 1. The van der Waals surface area contributed by atoms with E-state index in [1.165, 1.54) is 13.2 Å². The van der Waals surface area contributed by atoms with Gasteiger partial charge < -0.3 is 9.47 Å². The number of aromatic nitrogens is 3. The average molecular weight is 386 g/mol. The van der Waals surface area contributed by atoms with Crippen molar-refractivity contribution in [3.63, 3.8) is 0 Å². The van der Waals surface area contributed by atoms with E-state index in [-0.39, 0.29) is 10.8 Å². The van der Waals surface area contributed by atoms with Gasteiger partial charge in [0.2, 0.25) is 5.88 Å². The molecule has 0 saturated heterocycles. The fourth-order valence-electron chi connectivity index (χ4n) is 2.34. The summed E-state index contributed by atoms with van der Waals surface area (Å²) in [7, 11) is -0.891. The Morgan fingerprint density at radius 1 is 1.00 bits per heavy atom. The van der Waals surface area contributed by atoms with Crippen LogP contribution < -0.4 is 14.2 Å². The number of ether oxygens (including phenoxy) is 2. The molecule has 2 aromatic heterocycles. The third-order valence-corrected chi connectivity index (χ3v) is 5.21. The highest BCUT2D eigenvalue weighted by molar-refractivity contribution is 7.92. The van der Waals surface area contributed by atoms with E-state index in [0.29, 0.717) is 17.1 Å². The summed E-state index contributed by atoms with van der Waals surface area (Å²) >= 11 is 0. The number of pyridine rings is 1. The standard InChI is InChI=1S/C18H18N4O4S/c1-12-4-5-13(16-7-6-14(25-2)10-19-16)8-17(12)22-27(23,24)15-9-18(26-3)21-20-11-15/h4-11,22H,1-3H3. The minimum Gasteiger partial charge on any atom is -0.495 e. The van der Waals surface area contributed by atoms with Crippen LogP contribution in [0.5, 0.6) is 11.6 Å². The number of aryl methyl sites for hydroxylation is 1.